The summed E-state index contributed by atoms with van der Waals surface area (Å²) in [6.07, 6.45) is 2.11. The maximum absolute atomic E-state index is 12.1. The topological polar surface area (TPSA) is 88.5 Å². The Labute approximate surface area is 157 Å². The van der Waals surface area contributed by atoms with E-state index in [1.165, 1.54) is 55.1 Å². The van der Waals surface area contributed by atoms with E-state index in [4.69, 9.17) is 11.6 Å². The summed E-state index contributed by atoms with van der Waals surface area (Å²) in [5, 5.41) is 3.21. The van der Waals surface area contributed by atoms with E-state index in [1.54, 1.807) is 6.20 Å². The molecule has 1 aromatic carbocycles. The molecule has 1 aromatic heterocycles. The number of pyridine rings is 1. The van der Waals surface area contributed by atoms with Crippen LogP contribution in [0.2, 0.25) is 5.02 Å². The minimum absolute atomic E-state index is 0.124. The number of amides is 1. The molecule has 2 rings (SSSR count). The number of carbonyl (C=O) groups excluding carboxylic acids is 1. The lowest BCUT2D eigenvalue weighted by Crippen LogP contribution is -2.27. The van der Waals surface area contributed by atoms with Gasteiger partial charge in [-0.15, -0.1) is 0 Å². The van der Waals surface area contributed by atoms with Crippen molar-refractivity contribution in [2.75, 3.05) is 20.6 Å². The molecule has 0 atom stereocenters. The highest BCUT2D eigenvalue weighted by molar-refractivity contribution is 7.89. The van der Waals surface area contributed by atoms with Gasteiger partial charge in [-0.2, -0.15) is 0 Å². The molecule has 0 aliphatic heterocycles. The third kappa shape index (κ3) is 4.94. The van der Waals surface area contributed by atoms with E-state index >= 15 is 0 Å². The monoisotopic (exact) mass is 397 g/mol. The Morgan fingerprint density at radius 3 is 2.42 bits per heavy atom. The van der Waals surface area contributed by atoms with Gasteiger partial charge in [-0.05, 0) is 36.8 Å². The fourth-order valence-electron chi connectivity index (χ4n) is 2.22. The summed E-state index contributed by atoms with van der Waals surface area (Å²) >= 11 is 5.85. The molecule has 0 radical (unpaired) electrons. The zero-order valence-corrected chi connectivity index (χ0v) is 16.0. The number of hydrogen-bond acceptors (Lipinski definition) is 4. The van der Waals surface area contributed by atoms with E-state index < -0.39 is 10.0 Å². The van der Waals surface area contributed by atoms with Crippen molar-refractivity contribution < 1.29 is 13.2 Å². The number of aromatic nitrogens is 1. The quantitative estimate of drug-likeness (QED) is 0.718. The molecule has 0 unspecified atom stereocenters. The number of carbonyl (C=O) groups is 1. The van der Waals surface area contributed by atoms with E-state index in [-0.39, 0.29) is 16.4 Å². The second-order valence-electron chi connectivity index (χ2n) is 5.80. The molecule has 0 spiro atoms. The smallest absolute Gasteiger partial charge is 0.251 e. The van der Waals surface area contributed by atoms with E-state index in [0.29, 0.717) is 30.1 Å². The van der Waals surface area contributed by atoms with Crippen LogP contribution in [0.4, 0.5) is 0 Å². The number of hydrogen-bond donors (Lipinski definition) is 1. The molecule has 0 aliphatic carbocycles. The zero-order valence-electron chi connectivity index (χ0n) is 14.5. The van der Waals surface area contributed by atoms with Crippen molar-refractivity contribution in [2.24, 2.45) is 0 Å². The SMILES string of the molecule is CN(C)S(=O)(=O)c1ccc(C(=O)NCCCn2cc(Cl)ccc2=O)cc1. The van der Waals surface area contributed by atoms with Gasteiger partial charge in [0.15, 0.2) is 0 Å². The average molecular weight is 398 g/mol. The number of nitrogens with one attached hydrogen (secondary N) is 1. The van der Waals surface area contributed by atoms with Crippen LogP contribution in [0.3, 0.4) is 0 Å². The molecule has 2 aromatic rings. The van der Waals surface area contributed by atoms with Crippen LogP contribution in [0.25, 0.3) is 0 Å². The number of benzene rings is 1. The number of sulfonamides is 1. The third-order valence-electron chi connectivity index (χ3n) is 3.70. The normalized spacial score (nSPS) is 11.5. The second kappa shape index (κ2) is 8.48. The van der Waals surface area contributed by atoms with Crippen LogP contribution in [-0.2, 0) is 16.6 Å². The van der Waals surface area contributed by atoms with Crippen LogP contribution in [0.5, 0.6) is 0 Å². The van der Waals surface area contributed by atoms with Gasteiger partial charge in [0.25, 0.3) is 11.5 Å². The number of halogens is 1. The van der Waals surface area contributed by atoms with Crippen molar-refractivity contribution in [3.63, 3.8) is 0 Å². The first kappa shape index (κ1) is 20.2. The first-order valence-corrected chi connectivity index (χ1v) is 9.70. The van der Waals surface area contributed by atoms with E-state index in [1.807, 2.05) is 0 Å². The van der Waals surface area contributed by atoms with Gasteiger partial charge in [0.05, 0.1) is 9.92 Å². The maximum Gasteiger partial charge on any atom is 0.251 e. The highest BCUT2D eigenvalue weighted by Gasteiger charge is 2.17. The molecular formula is C17H20ClN3O4S. The van der Waals surface area contributed by atoms with Gasteiger partial charge in [0.1, 0.15) is 0 Å². The van der Waals surface area contributed by atoms with Crippen molar-refractivity contribution in [3.05, 3.63) is 63.5 Å². The summed E-state index contributed by atoms with van der Waals surface area (Å²) < 4.78 is 26.6. The molecule has 0 bridgehead atoms. The number of aryl methyl sites for hydroxylation is 1. The number of nitrogens with zero attached hydrogens (tertiary/aromatic N) is 2. The summed E-state index contributed by atoms with van der Waals surface area (Å²) in [7, 11) is -0.629. The zero-order chi connectivity index (χ0) is 19.3. The predicted molar refractivity (Wildman–Crippen MR) is 100.0 cm³/mol. The highest BCUT2D eigenvalue weighted by Crippen LogP contribution is 2.14. The largest absolute Gasteiger partial charge is 0.352 e. The standard InChI is InChI=1S/C17H20ClN3O4S/c1-20(2)26(24,25)15-7-4-13(5-8-15)17(23)19-10-3-11-21-12-14(18)6-9-16(21)22/h4-9,12H,3,10-11H2,1-2H3,(H,19,23). The molecule has 1 heterocycles. The molecule has 0 saturated heterocycles. The Morgan fingerprint density at radius 1 is 1.15 bits per heavy atom. The molecular weight excluding hydrogens is 378 g/mol. The van der Waals surface area contributed by atoms with Gasteiger partial charge in [0, 0.05) is 45.0 Å². The molecule has 0 saturated carbocycles. The number of rotatable bonds is 7. The Hall–Kier alpha value is -2.16. The van der Waals surface area contributed by atoms with Crippen LogP contribution in [0.15, 0.2) is 52.3 Å². The van der Waals surface area contributed by atoms with Gasteiger partial charge >= 0.3 is 0 Å². The Kier molecular flexibility index (Phi) is 6.57. The molecule has 26 heavy (non-hydrogen) atoms. The molecule has 140 valence electrons. The minimum atomic E-state index is -3.52. The predicted octanol–water partition coefficient (Wildman–Crippen LogP) is 1.57. The summed E-state index contributed by atoms with van der Waals surface area (Å²) in [6, 6.07) is 8.65. The third-order valence-corrected chi connectivity index (χ3v) is 5.76. The van der Waals surface area contributed by atoms with Gasteiger partial charge < -0.3 is 9.88 Å². The molecule has 0 fully saturated rings. The lowest BCUT2D eigenvalue weighted by Gasteiger charge is -2.11. The van der Waals surface area contributed by atoms with E-state index in [0.717, 1.165) is 4.31 Å². The van der Waals surface area contributed by atoms with Crippen LogP contribution in [-0.4, -0.2) is 43.8 Å². The van der Waals surface area contributed by atoms with Gasteiger partial charge in [-0.1, -0.05) is 11.6 Å². The van der Waals surface area contributed by atoms with Gasteiger partial charge in [-0.3, -0.25) is 9.59 Å². The first-order valence-electron chi connectivity index (χ1n) is 7.88. The van der Waals surface area contributed by atoms with Crippen molar-refractivity contribution >= 4 is 27.5 Å². The average Bonchev–Trinajstić information content (AvgIpc) is 2.61. The van der Waals surface area contributed by atoms with Crippen LogP contribution in [0.1, 0.15) is 16.8 Å². The van der Waals surface area contributed by atoms with Gasteiger partial charge in [-0.25, -0.2) is 12.7 Å². The minimum Gasteiger partial charge on any atom is -0.352 e. The van der Waals surface area contributed by atoms with E-state index in [9.17, 15) is 18.0 Å². The van der Waals surface area contributed by atoms with Crippen molar-refractivity contribution in [1.82, 2.24) is 14.2 Å². The molecule has 1 amide bonds. The molecule has 0 aliphatic rings. The van der Waals surface area contributed by atoms with Crippen LogP contribution >= 0.6 is 11.6 Å². The van der Waals surface area contributed by atoms with Crippen molar-refractivity contribution in [1.29, 1.82) is 0 Å². The second-order valence-corrected chi connectivity index (χ2v) is 8.39. The van der Waals surface area contributed by atoms with Crippen LogP contribution in [0, 0.1) is 0 Å². The molecule has 9 heteroatoms. The van der Waals surface area contributed by atoms with Crippen molar-refractivity contribution in [3.8, 4) is 0 Å². The fourth-order valence-corrected chi connectivity index (χ4v) is 3.30. The summed E-state index contributed by atoms with van der Waals surface area (Å²) in [5.74, 6) is -0.308. The maximum atomic E-state index is 12.1. The summed E-state index contributed by atoms with van der Waals surface area (Å²) in [5.41, 5.74) is 0.209. The molecule has 7 nitrogen and oxygen atoms in total. The van der Waals surface area contributed by atoms with Gasteiger partial charge in [0.2, 0.25) is 10.0 Å². The lowest BCUT2D eigenvalue weighted by molar-refractivity contribution is 0.0952. The van der Waals surface area contributed by atoms with Crippen molar-refractivity contribution in [2.45, 2.75) is 17.9 Å². The molecule has 1 N–H and O–H groups in total. The Bertz CT molecular complexity index is 937. The Morgan fingerprint density at radius 2 is 1.81 bits per heavy atom. The Balaban J connectivity index is 1.90. The lowest BCUT2D eigenvalue weighted by atomic mass is 10.2. The summed E-state index contributed by atoms with van der Waals surface area (Å²) in [6.45, 7) is 0.801. The fraction of sp³-hybridized carbons (Fsp3) is 0.294. The van der Waals surface area contributed by atoms with Crippen LogP contribution < -0.4 is 10.9 Å². The summed E-state index contributed by atoms with van der Waals surface area (Å²) in [4.78, 5) is 23.9. The highest BCUT2D eigenvalue weighted by atomic mass is 35.5. The van der Waals surface area contributed by atoms with E-state index in [2.05, 4.69) is 5.32 Å². The first-order chi connectivity index (χ1) is 12.2.